The number of aliphatic imine (C=N–C) groups is 2. The van der Waals surface area contributed by atoms with Crippen molar-refractivity contribution in [2.45, 2.75) is 37.8 Å². The molecule has 8 heterocycles. The van der Waals surface area contributed by atoms with Gasteiger partial charge < -0.3 is 35.4 Å². The Kier molecular flexibility index (Phi) is 24.5. The molecule has 0 aliphatic carbocycles. The molecule has 4 aliphatic rings. The first-order valence-electron chi connectivity index (χ1n) is 25.4. The van der Waals surface area contributed by atoms with Gasteiger partial charge in [-0.2, -0.15) is 10.2 Å². The van der Waals surface area contributed by atoms with Gasteiger partial charge in [0.2, 0.25) is 0 Å². The number of hydrogen-bond acceptors (Lipinski definition) is 17. The first-order chi connectivity index (χ1) is 39.8. The number of aryl methyl sites for hydroxylation is 2. The number of allylic oxidation sites excluding steroid dienone is 2. The van der Waals surface area contributed by atoms with Gasteiger partial charge in [-0.05, 0) is 63.0 Å². The molecule has 4 aliphatic heterocycles. The van der Waals surface area contributed by atoms with E-state index in [2.05, 4.69) is 36.1 Å². The summed E-state index contributed by atoms with van der Waals surface area (Å²) in [5.41, 5.74) is 3.96. The number of alkyl halides is 1. The van der Waals surface area contributed by atoms with Gasteiger partial charge >= 0.3 is 17.9 Å². The van der Waals surface area contributed by atoms with Gasteiger partial charge in [0.15, 0.2) is 21.7 Å². The maximum atomic E-state index is 13.8. The number of halogens is 5. The summed E-state index contributed by atoms with van der Waals surface area (Å²) >= 11 is 15.6. The van der Waals surface area contributed by atoms with Crippen molar-refractivity contribution in [1.82, 2.24) is 50.4 Å². The van der Waals surface area contributed by atoms with Crippen molar-refractivity contribution in [3.8, 4) is 0 Å². The van der Waals surface area contributed by atoms with Crippen molar-refractivity contribution >= 4 is 125 Å². The predicted molar refractivity (Wildman–Crippen MR) is 319 cm³/mol. The number of hydrogen-bond donors (Lipinski definition) is 4. The van der Waals surface area contributed by atoms with Crippen LogP contribution in [0, 0.1) is 23.5 Å². The van der Waals surface area contributed by atoms with Crippen molar-refractivity contribution in [3.05, 3.63) is 161 Å². The van der Waals surface area contributed by atoms with Crippen LogP contribution in [-0.2, 0) is 33.2 Å². The molecule has 2 aromatic carbocycles. The van der Waals surface area contributed by atoms with Crippen LogP contribution >= 0.6 is 45.9 Å². The van der Waals surface area contributed by atoms with Gasteiger partial charge in [-0.15, -0.1) is 22.7 Å². The Morgan fingerprint density at radius 2 is 1.11 bits per heavy atom. The molecule has 2 fully saturated rings. The number of rotatable bonds is 11. The molecule has 0 bridgehead atoms. The molecule has 19 nitrogen and oxygen atoms in total. The number of nitrogens with zero attached hydrogens (tertiary/aromatic N) is 9. The van der Waals surface area contributed by atoms with E-state index < -0.39 is 54.4 Å². The molecule has 1 amide bonds. The molecule has 0 spiro atoms. The fourth-order valence-corrected chi connectivity index (χ4v) is 10.7. The zero-order valence-corrected chi connectivity index (χ0v) is 48.8. The Labute approximate surface area is 501 Å². The molecule has 32 heteroatoms. The number of aromatic carboxylic acids is 1. The number of nitrogens with one attached hydrogen (secondary N) is 3. The summed E-state index contributed by atoms with van der Waals surface area (Å²) in [6, 6.07) is 6.63. The first-order valence-corrected chi connectivity index (χ1v) is 27.9. The second-order valence-corrected chi connectivity index (χ2v) is 21.1. The minimum absolute atomic E-state index is 0.0775. The number of piperidine rings is 2. The Hall–Kier alpha value is -6.86. The van der Waals surface area contributed by atoms with E-state index in [0.717, 1.165) is 31.6 Å². The Morgan fingerprint density at radius 1 is 0.687 bits per heavy atom. The number of carbonyl (C=O) groups is 4. The summed E-state index contributed by atoms with van der Waals surface area (Å²) < 4.78 is 50.3. The molecular weight excluding hydrogens is 1150 g/mol. The van der Waals surface area contributed by atoms with E-state index in [-0.39, 0.29) is 33.4 Å². The fourth-order valence-electron chi connectivity index (χ4n) is 8.97. The monoisotopic (exact) mass is 1200 g/mol. The van der Waals surface area contributed by atoms with Gasteiger partial charge in [0.1, 0.15) is 23.7 Å². The van der Waals surface area contributed by atoms with E-state index in [4.69, 9.17) is 78.7 Å². The van der Waals surface area contributed by atoms with Gasteiger partial charge in [0.05, 0.1) is 56.1 Å². The number of aromatic nitrogens is 6. The number of carbonyl (C=O) groups excluding carboxylic acids is 3. The van der Waals surface area contributed by atoms with Crippen molar-refractivity contribution < 1.29 is 46.9 Å². The van der Waals surface area contributed by atoms with Crippen LogP contribution in [0.5, 0.6) is 0 Å². The van der Waals surface area contributed by atoms with Gasteiger partial charge in [0, 0.05) is 151 Å². The Morgan fingerprint density at radius 3 is 1.45 bits per heavy atom. The lowest BCUT2D eigenvalue weighted by Crippen LogP contribution is -2.43. The SMILES string of the molecule is CF.COC(=O)C1=C(C2CCN(C(=O)c3cnn(C)c3)CC2)NC(c2nccs2)=NC1c1ccc(F)cc1Cl.COC(=O)C1=C(C2CCNCC2)NC(c2nccs2)=NC1c1ccc(F)cc1Cl.Cn1cc(C(=O)O)cn1.[B]B([B])B([B])[B]. The van der Waals surface area contributed by atoms with Crippen molar-refractivity contribution in [2.24, 2.45) is 35.9 Å². The number of amidine groups is 2. The van der Waals surface area contributed by atoms with Crippen LogP contribution in [0.25, 0.3) is 0 Å². The summed E-state index contributed by atoms with van der Waals surface area (Å²) in [6.07, 6.45) is 11.2. The number of thiazole rings is 2. The van der Waals surface area contributed by atoms with E-state index in [0.29, 0.717) is 88.3 Å². The van der Waals surface area contributed by atoms with Gasteiger partial charge in [-0.3, -0.25) is 28.5 Å². The van der Waals surface area contributed by atoms with Crippen molar-refractivity contribution in [1.29, 1.82) is 0 Å². The molecule has 2 atom stereocenters. The van der Waals surface area contributed by atoms with Crippen molar-refractivity contribution in [3.63, 3.8) is 0 Å². The van der Waals surface area contributed by atoms with Gasteiger partial charge in [-0.1, -0.05) is 35.3 Å². The first kappa shape index (κ1) is 65.3. The van der Waals surface area contributed by atoms with E-state index in [1.54, 1.807) is 54.5 Å². The third kappa shape index (κ3) is 17.1. The number of ether oxygens (including phenoxy) is 2. The second-order valence-electron chi connectivity index (χ2n) is 18.5. The predicted octanol–water partition coefficient (Wildman–Crippen LogP) is 5.61. The quantitative estimate of drug-likeness (QED) is 0.0913. The molecular formula is C51H53B6Cl2F3N12O7S2. The highest BCUT2D eigenvalue weighted by Crippen LogP contribution is 2.42. The van der Waals surface area contributed by atoms with E-state index in [9.17, 15) is 32.3 Å². The van der Waals surface area contributed by atoms with Crippen LogP contribution in [-0.4, -0.2) is 166 Å². The highest BCUT2D eigenvalue weighted by molar-refractivity contribution is 7.76. The third-order valence-electron chi connectivity index (χ3n) is 13.0. The minimum atomic E-state index is -0.942. The average molecular weight is 1200 g/mol. The number of carboxylic acids is 1. The van der Waals surface area contributed by atoms with Gasteiger partial charge in [-0.25, -0.2) is 33.1 Å². The van der Waals surface area contributed by atoms with Crippen LogP contribution in [0.15, 0.2) is 117 Å². The zero-order chi connectivity index (χ0) is 60.5. The summed E-state index contributed by atoms with van der Waals surface area (Å²) in [5, 5.41) is 31.6. The molecule has 8 radical (unpaired) electrons. The number of esters is 2. The summed E-state index contributed by atoms with van der Waals surface area (Å²) in [5.74, 6) is -1.85. The molecule has 6 aromatic rings. The number of methoxy groups -OCH3 is 2. The molecule has 83 heavy (non-hydrogen) atoms. The fraction of sp³-hybridized carbons (Fsp3) is 0.333. The summed E-state index contributed by atoms with van der Waals surface area (Å²) in [6.45, 7) is 2.72. The maximum Gasteiger partial charge on any atom is 0.338 e. The third-order valence-corrected chi connectivity index (χ3v) is 15.2. The average Bonchev–Trinajstić information content (AvgIpc) is 4.21. The smallest absolute Gasteiger partial charge is 0.338 e. The topological polar surface area (TPSA) is 232 Å². The molecule has 4 aromatic heterocycles. The molecule has 2 saturated heterocycles. The second kappa shape index (κ2) is 31.2. The maximum absolute atomic E-state index is 13.8. The Balaban J connectivity index is 0.000000212. The molecule has 4 N–H and O–H groups in total. The molecule has 424 valence electrons. The lowest BCUT2D eigenvalue weighted by Gasteiger charge is -2.36. The van der Waals surface area contributed by atoms with Crippen LogP contribution in [0.4, 0.5) is 13.2 Å². The zero-order valence-electron chi connectivity index (χ0n) is 45.6. The number of amides is 1. The normalized spacial score (nSPS) is 16.9. The van der Waals surface area contributed by atoms with Crippen LogP contribution < -0.4 is 16.0 Å². The lowest BCUT2D eigenvalue weighted by atomic mass is 8.81. The molecule has 2 unspecified atom stereocenters. The van der Waals surface area contributed by atoms with Gasteiger partial charge in [0.25, 0.3) is 5.91 Å². The van der Waals surface area contributed by atoms with Crippen LogP contribution in [0.1, 0.15) is 79.6 Å². The molecule has 10 rings (SSSR count). The number of likely N-dealkylation sites (tertiary alicyclic amines) is 1. The van der Waals surface area contributed by atoms with E-state index in [1.165, 1.54) is 84.3 Å². The Bertz CT molecular complexity index is 3320. The van der Waals surface area contributed by atoms with E-state index >= 15 is 0 Å². The number of carboxylic acid groups (broad SMARTS) is 1. The molecule has 0 saturated carbocycles. The van der Waals surface area contributed by atoms with Crippen molar-refractivity contribution in [2.75, 3.05) is 47.6 Å². The summed E-state index contributed by atoms with van der Waals surface area (Å²) in [4.78, 5) is 69.1. The summed E-state index contributed by atoms with van der Waals surface area (Å²) in [7, 11) is 26.4. The van der Waals surface area contributed by atoms with Crippen LogP contribution in [0.2, 0.25) is 10.0 Å². The lowest BCUT2D eigenvalue weighted by molar-refractivity contribution is -0.137. The standard InChI is InChI=1S/C25H24ClFN6O3S.C20H20ClFN4O2S.C5H6N2O2.CH3F.B6/c1-32-13-15(12-29-32)24(34)33-8-5-14(6-9-33)20-19(25(35)36-2)21(17-4-3-16(27)11-18(17)26)31-22(30-20)23-28-7-10-37-23;1-28-20(27)15-16(11-4-6-23-7-5-11)25-18(19-24-8-9-29-19)26-17(15)13-3-2-12(22)10-14(13)21;1-7-3-4(2-6-7)5(8)9;1-2;1-5(2)6(3)4/h3-4,7,10-14,21H,5-6,8-9H2,1-2H3,(H,30,31);2-3,8-11,17,23H,4-7H2,1H3,(H,25,26);2-3H,1H3,(H,8,9);1H3;. The minimum Gasteiger partial charge on any atom is -0.478 e. The highest BCUT2D eigenvalue weighted by atomic mass is 35.5. The highest BCUT2D eigenvalue weighted by Gasteiger charge is 2.39. The largest absolute Gasteiger partial charge is 0.478 e. The van der Waals surface area contributed by atoms with Crippen LogP contribution in [0.3, 0.4) is 0 Å². The van der Waals surface area contributed by atoms with E-state index in [1.807, 2.05) is 10.8 Å². The number of benzene rings is 2.